The number of aliphatic hydroxyl groups is 1. The van der Waals surface area contributed by atoms with E-state index in [1.165, 1.54) is 0 Å². The smallest absolute Gasteiger partial charge is 0.410 e. The third-order valence-corrected chi connectivity index (χ3v) is 4.46. The van der Waals surface area contributed by atoms with Crippen LogP contribution < -0.4 is 0 Å². The molecule has 0 aromatic heterocycles. The minimum absolute atomic E-state index is 0.0639. The summed E-state index contributed by atoms with van der Waals surface area (Å²) in [5, 5.41) is 10.3. The van der Waals surface area contributed by atoms with Crippen LogP contribution in [0.15, 0.2) is 42.5 Å². The highest BCUT2D eigenvalue weighted by molar-refractivity contribution is 5.69. The van der Waals surface area contributed by atoms with E-state index in [1.807, 2.05) is 57.2 Å². The Labute approximate surface area is 168 Å². The lowest BCUT2D eigenvalue weighted by Crippen LogP contribution is -2.39. The Morgan fingerprint density at radius 1 is 1.32 bits per heavy atom. The van der Waals surface area contributed by atoms with Crippen LogP contribution in [0.2, 0.25) is 0 Å². The summed E-state index contributed by atoms with van der Waals surface area (Å²) in [5.41, 5.74) is 0.554. The van der Waals surface area contributed by atoms with Gasteiger partial charge in [-0.3, -0.25) is 0 Å². The Hall–Kier alpha value is -1.89. The number of benzene rings is 1. The van der Waals surface area contributed by atoms with Gasteiger partial charge in [0.15, 0.2) is 0 Å². The van der Waals surface area contributed by atoms with Crippen LogP contribution in [0, 0.1) is 0 Å². The zero-order valence-corrected chi connectivity index (χ0v) is 17.3. The first-order valence-corrected chi connectivity index (χ1v) is 9.85. The molecule has 1 aromatic carbocycles. The van der Waals surface area contributed by atoms with Gasteiger partial charge in [0.2, 0.25) is 0 Å². The molecule has 1 heterocycles. The molecule has 3 atom stereocenters. The minimum atomic E-state index is -0.776. The number of likely N-dealkylation sites (tertiary alicyclic amines) is 1. The predicted octanol–water partition coefficient (Wildman–Crippen LogP) is 3.88. The van der Waals surface area contributed by atoms with Crippen LogP contribution >= 0.6 is 0 Å². The topological polar surface area (TPSA) is 68.2 Å². The maximum absolute atomic E-state index is 12.3. The molecule has 1 fully saturated rings. The van der Waals surface area contributed by atoms with Crippen LogP contribution in [0.25, 0.3) is 0 Å². The number of nitrogens with zero attached hydrogens (tertiary/aromatic N) is 1. The first-order chi connectivity index (χ1) is 13.3. The summed E-state index contributed by atoms with van der Waals surface area (Å²) in [6, 6.07) is 9.78. The van der Waals surface area contributed by atoms with Gasteiger partial charge in [-0.15, -0.1) is 0 Å². The van der Waals surface area contributed by atoms with E-state index in [0.29, 0.717) is 13.2 Å². The van der Waals surface area contributed by atoms with Gasteiger partial charge in [0.25, 0.3) is 0 Å². The minimum Gasteiger partial charge on any atom is -0.444 e. The Morgan fingerprint density at radius 2 is 2.04 bits per heavy atom. The fourth-order valence-electron chi connectivity index (χ4n) is 2.93. The summed E-state index contributed by atoms with van der Waals surface area (Å²) in [7, 11) is 0. The van der Waals surface area contributed by atoms with Crippen LogP contribution in [-0.4, -0.2) is 53.3 Å². The van der Waals surface area contributed by atoms with E-state index in [9.17, 15) is 9.90 Å². The molecule has 1 saturated heterocycles. The van der Waals surface area contributed by atoms with E-state index >= 15 is 0 Å². The Kier molecular flexibility index (Phi) is 8.48. The monoisotopic (exact) mass is 391 g/mol. The molecule has 1 aliphatic heterocycles. The number of hydrogen-bond acceptors (Lipinski definition) is 5. The fourth-order valence-corrected chi connectivity index (χ4v) is 2.93. The SMILES string of the molecule is C[C@H](OCOCc1ccccc1)[C@H](O)/C=C/[C@@H]1CCCN1C(=O)OC(C)(C)C. The maximum atomic E-state index is 12.3. The standard InChI is InChI=1S/C22H33NO5/c1-17(27-16-26-15-18-9-6-5-7-10-18)20(24)13-12-19-11-8-14-23(19)21(25)28-22(2,3)4/h5-7,9-10,12-13,17,19-20,24H,8,11,14-16H2,1-4H3/b13-12+/t17-,19-,20+/m0/s1. The number of ether oxygens (including phenoxy) is 3. The Balaban J connectivity index is 1.74. The van der Waals surface area contributed by atoms with Crippen molar-refractivity contribution in [3.8, 4) is 0 Å². The first-order valence-electron chi connectivity index (χ1n) is 9.85. The Bertz CT molecular complexity index is 626. The van der Waals surface area contributed by atoms with E-state index in [1.54, 1.807) is 17.9 Å². The molecule has 0 radical (unpaired) electrons. The van der Waals surface area contributed by atoms with Crippen molar-refractivity contribution in [2.24, 2.45) is 0 Å². The van der Waals surface area contributed by atoms with Crippen molar-refractivity contribution in [2.45, 2.75) is 71.0 Å². The molecule has 0 bridgehead atoms. The summed E-state index contributed by atoms with van der Waals surface area (Å²) in [5.74, 6) is 0. The van der Waals surface area contributed by atoms with Crippen LogP contribution in [0.3, 0.4) is 0 Å². The molecule has 0 aliphatic carbocycles. The lowest BCUT2D eigenvalue weighted by atomic mass is 10.1. The molecular formula is C22H33NO5. The van der Waals surface area contributed by atoms with E-state index in [4.69, 9.17) is 14.2 Å². The van der Waals surface area contributed by atoms with Crippen molar-refractivity contribution in [1.29, 1.82) is 0 Å². The van der Waals surface area contributed by atoms with Crippen molar-refractivity contribution in [3.63, 3.8) is 0 Å². The molecule has 1 N–H and O–H groups in total. The van der Waals surface area contributed by atoms with Crippen molar-refractivity contribution in [1.82, 2.24) is 4.90 Å². The molecule has 0 saturated carbocycles. The van der Waals surface area contributed by atoms with Gasteiger partial charge in [-0.2, -0.15) is 0 Å². The molecule has 2 rings (SSSR count). The van der Waals surface area contributed by atoms with Crippen molar-refractivity contribution < 1.29 is 24.1 Å². The molecule has 1 aromatic rings. The normalized spacial score (nSPS) is 19.8. The second-order valence-corrected chi connectivity index (χ2v) is 8.08. The lowest BCUT2D eigenvalue weighted by Gasteiger charge is -2.27. The van der Waals surface area contributed by atoms with Crippen molar-refractivity contribution in [2.75, 3.05) is 13.3 Å². The Morgan fingerprint density at radius 3 is 2.71 bits per heavy atom. The van der Waals surface area contributed by atoms with Gasteiger partial charge in [-0.25, -0.2) is 4.79 Å². The molecule has 0 spiro atoms. The zero-order valence-electron chi connectivity index (χ0n) is 17.3. The fraction of sp³-hybridized carbons (Fsp3) is 0.591. The zero-order chi connectivity index (χ0) is 20.6. The van der Waals surface area contributed by atoms with Crippen LogP contribution in [0.4, 0.5) is 4.79 Å². The van der Waals surface area contributed by atoms with Crippen molar-refractivity contribution in [3.05, 3.63) is 48.0 Å². The highest BCUT2D eigenvalue weighted by Gasteiger charge is 2.30. The van der Waals surface area contributed by atoms with Gasteiger partial charge in [0.05, 0.1) is 24.9 Å². The average molecular weight is 392 g/mol. The summed E-state index contributed by atoms with van der Waals surface area (Å²) in [4.78, 5) is 14.0. The van der Waals surface area contributed by atoms with Crippen molar-refractivity contribution >= 4 is 6.09 Å². The second kappa shape index (κ2) is 10.6. The van der Waals surface area contributed by atoms with Gasteiger partial charge >= 0.3 is 6.09 Å². The molecule has 1 aliphatic rings. The molecule has 28 heavy (non-hydrogen) atoms. The van der Waals surface area contributed by atoms with E-state index in [2.05, 4.69) is 0 Å². The third kappa shape index (κ3) is 7.62. The number of hydrogen-bond donors (Lipinski definition) is 1. The summed E-state index contributed by atoms with van der Waals surface area (Å²) in [6.45, 7) is 8.60. The molecule has 0 unspecified atom stereocenters. The molecular weight excluding hydrogens is 358 g/mol. The van der Waals surface area contributed by atoms with Crippen LogP contribution in [0.5, 0.6) is 0 Å². The maximum Gasteiger partial charge on any atom is 0.410 e. The number of carbonyl (C=O) groups excluding carboxylic acids is 1. The van der Waals surface area contributed by atoms with Gasteiger partial charge in [0, 0.05) is 6.54 Å². The summed E-state index contributed by atoms with van der Waals surface area (Å²) in [6.07, 6.45) is 3.83. The van der Waals surface area contributed by atoms with E-state index < -0.39 is 17.8 Å². The average Bonchev–Trinajstić information content (AvgIpc) is 3.11. The predicted molar refractivity (Wildman–Crippen MR) is 108 cm³/mol. The number of rotatable bonds is 8. The first kappa shape index (κ1) is 22.4. The largest absolute Gasteiger partial charge is 0.444 e. The van der Waals surface area contributed by atoms with Crippen LogP contribution in [0.1, 0.15) is 46.1 Å². The van der Waals surface area contributed by atoms with E-state index in [0.717, 1.165) is 18.4 Å². The summed E-state index contributed by atoms with van der Waals surface area (Å²) >= 11 is 0. The van der Waals surface area contributed by atoms with Gasteiger partial charge in [-0.05, 0) is 46.1 Å². The number of amides is 1. The van der Waals surface area contributed by atoms with Gasteiger partial charge in [-0.1, -0.05) is 42.5 Å². The molecule has 1 amide bonds. The lowest BCUT2D eigenvalue weighted by molar-refractivity contribution is -0.114. The number of aliphatic hydroxyl groups excluding tert-OH is 1. The highest BCUT2D eigenvalue weighted by atomic mass is 16.7. The highest BCUT2D eigenvalue weighted by Crippen LogP contribution is 2.22. The molecule has 6 heteroatoms. The van der Waals surface area contributed by atoms with Crippen LogP contribution in [-0.2, 0) is 20.8 Å². The summed E-state index contributed by atoms with van der Waals surface area (Å²) < 4.78 is 16.5. The third-order valence-electron chi connectivity index (χ3n) is 4.46. The van der Waals surface area contributed by atoms with E-state index in [-0.39, 0.29) is 18.9 Å². The quantitative estimate of drug-likeness (QED) is 0.414. The molecule has 6 nitrogen and oxygen atoms in total. The van der Waals surface area contributed by atoms with Gasteiger partial charge < -0.3 is 24.2 Å². The molecule has 156 valence electrons. The van der Waals surface area contributed by atoms with Gasteiger partial charge in [0.1, 0.15) is 12.4 Å². The number of carbonyl (C=O) groups is 1. The second-order valence-electron chi connectivity index (χ2n) is 8.08.